The van der Waals surface area contributed by atoms with Gasteiger partial charge in [-0.15, -0.1) is 0 Å². The number of H-pyrrole nitrogens is 1. The molecule has 3 rings (SSSR count). The van der Waals surface area contributed by atoms with Crippen molar-refractivity contribution in [1.82, 2.24) is 4.98 Å². The molecule has 1 aliphatic rings. The molecule has 4 nitrogen and oxygen atoms in total. The van der Waals surface area contributed by atoms with Crippen LogP contribution in [0.15, 0.2) is 24.3 Å². The summed E-state index contributed by atoms with van der Waals surface area (Å²) in [5, 5.41) is 10.3. The molecule has 1 aromatic heterocycles. The smallest absolute Gasteiger partial charge is 0.324 e. The quantitative estimate of drug-likeness (QED) is 0.693. The highest BCUT2D eigenvalue weighted by molar-refractivity contribution is 5.87. The zero-order valence-electron chi connectivity index (χ0n) is 9.36. The number of para-hydroxylation sites is 1. The van der Waals surface area contributed by atoms with Crippen molar-refractivity contribution in [3.63, 3.8) is 0 Å². The molecule has 1 heterocycles. The van der Waals surface area contributed by atoms with Crippen molar-refractivity contribution >= 4 is 16.9 Å². The van der Waals surface area contributed by atoms with Gasteiger partial charge >= 0.3 is 5.97 Å². The van der Waals surface area contributed by atoms with Gasteiger partial charge in [0.15, 0.2) is 0 Å². The maximum absolute atomic E-state index is 11.2. The molecule has 88 valence electrons. The molecule has 0 amide bonds. The molecule has 17 heavy (non-hydrogen) atoms. The minimum atomic E-state index is -1.11. The molecule has 0 spiro atoms. The summed E-state index contributed by atoms with van der Waals surface area (Å²) >= 11 is 0. The monoisotopic (exact) mass is 230 g/mol. The first kappa shape index (κ1) is 10.4. The van der Waals surface area contributed by atoms with E-state index in [4.69, 9.17) is 5.73 Å². The van der Waals surface area contributed by atoms with Crippen molar-refractivity contribution in [3.8, 4) is 0 Å². The Morgan fingerprint density at radius 1 is 1.41 bits per heavy atom. The van der Waals surface area contributed by atoms with Gasteiger partial charge in [-0.05, 0) is 24.5 Å². The van der Waals surface area contributed by atoms with Crippen molar-refractivity contribution in [1.29, 1.82) is 0 Å². The summed E-state index contributed by atoms with van der Waals surface area (Å²) in [7, 11) is 0. The number of rotatable bonds is 1. The van der Waals surface area contributed by atoms with Crippen LogP contribution in [0.3, 0.4) is 0 Å². The van der Waals surface area contributed by atoms with E-state index >= 15 is 0 Å². The standard InChI is InChI=1S/C13H14N2O2/c14-13(12(16)17)6-5-11-9(7-13)8-3-1-2-4-10(8)15-11/h1-4,15H,5-7,14H2,(H,16,17). The molecule has 0 bridgehead atoms. The summed E-state index contributed by atoms with van der Waals surface area (Å²) in [6, 6.07) is 7.95. The molecular formula is C13H14N2O2. The first-order valence-electron chi connectivity index (χ1n) is 5.71. The number of fused-ring (bicyclic) bond motifs is 3. The highest BCUT2D eigenvalue weighted by atomic mass is 16.4. The highest BCUT2D eigenvalue weighted by Gasteiger charge is 2.38. The summed E-state index contributed by atoms with van der Waals surface area (Å²) < 4.78 is 0. The maximum Gasteiger partial charge on any atom is 0.324 e. The van der Waals surface area contributed by atoms with Gasteiger partial charge in [-0.1, -0.05) is 18.2 Å². The lowest BCUT2D eigenvalue weighted by molar-refractivity contribution is -0.143. The fraction of sp³-hybridized carbons (Fsp3) is 0.308. The number of aliphatic carboxylic acids is 1. The van der Waals surface area contributed by atoms with Gasteiger partial charge in [-0.2, -0.15) is 0 Å². The summed E-state index contributed by atoms with van der Waals surface area (Å²) in [6.45, 7) is 0. The number of benzene rings is 1. The lowest BCUT2D eigenvalue weighted by Crippen LogP contribution is -2.52. The number of aromatic nitrogens is 1. The van der Waals surface area contributed by atoms with E-state index < -0.39 is 11.5 Å². The van der Waals surface area contributed by atoms with Crippen LogP contribution < -0.4 is 5.73 Å². The average molecular weight is 230 g/mol. The zero-order chi connectivity index (χ0) is 12.0. The van der Waals surface area contributed by atoms with Crippen molar-refractivity contribution in [2.45, 2.75) is 24.8 Å². The predicted molar refractivity (Wildman–Crippen MR) is 64.9 cm³/mol. The SMILES string of the molecule is NC1(C(=O)O)CCc2[nH]c3ccccc3c2C1. The number of nitrogens with one attached hydrogen (secondary N) is 1. The first-order valence-corrected chi connectivity index (χ1v) is 5.71. The normalized spacial score (nSPS) is 23.6. The molecule has 1 aliphatic carbocycles. The molecule has 2 aromatic rings. The summed E-state index contributed by atoms with van der Waals surface area (Å²) in [5.74, 6) is -0.909. The molecule has 1 aromatic carbocycles. The van der Waals surface area contributed by atoms with E-state index in [0.29, 0.717) is 19.3 Å². The number of aromatic amines is 1. The molecular weight excluding hydrogens is 216 g/mol. The van der Waals surface area contributed by atoms with Crippen LogP contribution in [0.5, 0.6) is 0 Å². The van der Waals surface area contributed by atoms with Crippen molar-refractivity contribution in [2.75, 3.05) is 0 Å². The van der Waals surface area contributed by atoms with E-state index in [1.807, 2.05) is 24.3 Å². The zero-order valence-corrected chi connectivity index (χ0v) is 9.36. The van der Waals surface area contributed by atoms with E-state index in [9.17, 15) is 9.90 Å². The van der Waals surface area contributed by atoms with Gasteiger partial charge in [0.1, 0.15) is 5.54 Å². The van der Waals surface area contributed by atoms with E-state index in [-0.39, 0.29) is 0 Å². The Hall–Kier alpha value is -1.81. The average Bonchev–Trinajstić information content (AvgIpc) is 2.67. The first-order chi connectivity index (χ1) is 8.10. The Kier molecular flexibility index (Phi) is 2.03. The molecule has 0 fully saturated rings. The Morgan fingerprint density at radius 3 is 2.94 bits per heavy atom. The van der Waals surface area contributed by atoms with E-state index in [2.05, 4.69) is 4.98 Å². The predicted octanol–water partition coefficient (Wildman–Crippen LogP) is 1.44. The second-order valence-corrected chi connectivity index (χ2v) is 4.77. The minimum absolute atomic E-state index is 0.404. The number of aryl methyl sites for hydroxylation is 1. The van der Waals surface area contributed by atoms with E-state index in [0.717, 1.165) is 22.2 Å². The van der Waals surface area contributed by atoms with Crippen LogP contribution in [0, 0.1) is 0 Å². The molecule has 4 N–H and O–H groups in total. The molecule has 4 heteroatoms. The maximum atomic E-state index is 11.2. The van der Waals surface area contributed by atoms with Gasteiger partial charge in [0.05, 0.1) is 0 Å². The van der Waals surface area contributed by atoms with Gasteiger partial charge < -0.3 is 15.8 Å². The number of carbonyl (C=O) groups is 1. The second kappa shape index (κ2) is 3.34. The molecule has 0 radical (unpaired) electrons. The molecule has 0 saturated heterocycles. The highest BCUT2D eigenvalue weighted by Crippen LogP contribution is 2.32. The van der Waals surface area contributed by atoms with Crippen LogP contribution >= 0.6 is 0 Å². The fourth-order valence-corrected chi connectivity index (χ4v) is 2.61. The largest absolute Gasteiger partial charge is 0.480 e. The third-order valence-electron chi connectivity index (χ3n) is 3.64. The topological polar surface area (TPSA) is 79.1 Å². The molecule has 0 aliphatic heterocycles. The van der Waals surface area contributed by atoms with Crippen LogP contribution in [-0.4, -0.2) is 21.6 Å². The number of hydrogen-bond acceptors (Lipinski definition) is 2. The third-order valence-corrected chi connectivity index (χ3v) is 3.64. The summed E-state index contributed by atoms with van der Waals surface area (Å²) in [5.41, 5.74) is 8.10. The molecule has 1 unspecified atom stereocenters. The second-order valence-electron chi connectivity index (χ2n) is 4.77. The van der Waals surface area contributed by atoms with Gasteiger partial charge in [-0.3, -0.25) is 4.79 Å². The van der Waals surface area contributed by atoms with Gasteiger partial charge in [0.25, 0.3) is 0 Å². The summed E-state index contributed by atoms with van der Waals surface area (Å²) in [4.78, 5) is 14.6. The van der Waals surface area contributed by atoms with Crippen LogP contribution in [0.2, 0.25) is 0 Å². The molecule has 1 atom stereocenters. The third kappa shape index (κ3) is 1.45. The lowest BCUT2D eigenvalue weighted by Gasteiger charge is -2.29. The number of hydrogen-bond donors (Lipinski definition) is 3. The molecule has 0 saturated carbocycles. The lowest BCUT2D eigenvalue weighted by atomic mass is 9.80. The fourth-order valence-electron chi connectivity index (χ4n) is 2.61. The van der Waals surface area contributed by atoms with Crippen LogP contribution in [-0.2, 0) is 17.6 Å². The van der Waals surface area contributed by atoms with Crippen LogP contribution in [0.4, 0.5) is 0 Å². The van der Waals surface area contributed by atoms with Crippen molar-refractivity contribution in [3.05, 3.63) is 35.5 Å². The van der Waals surface area contributed by atoms with Crippen LogP contribution in [0.1, 0.15) is 17.7 Å². The number of carboxylic acids is 1. The Balaban J connectivity index is 2.15. The van der Waals surface area contributed by atoms with E-state index in [1.54, 1.807) is 0 Å². The van der Waals surface area contributed by atoms with Gasteiger partial charge in [0.2, 0.25) is 0 Å². The van der Waals surface area contributed by atoms with E-state index in [1.165, 1.54) is 0 Å². The number of carboxylic acid groups (broad SMARTS) is 1. The van der Waals surface area contributed by atoms with Gasteiger partial charge in [0, 0.05) is 23.0 Å². The van der Waals surface area contributed by atoms with Crippen molar-refractivity contribution in [2.24, 2.45) is 5.73 Å². The van der Waals surface area contributed by atoms with Crippen LogP contribution in [0.25, 0.3) is 10.9 Å². The Labute approximate surface area is 98.4 Å². The summed E-state index contributed by atoms with van der Waals surface area (Å²) in [6.07, 6.45) is 1.59. The van der Waals surface area contributed by atoms with Crippen molar-refractivity contribution < 1.29 is 9.90 Å². The van der Waals surface area contributed by atoms with Gasteiger partial charge in [-0.25, -0.2) is 0 Å². The Bertz CT molecular complexity index is 602. The number of nitrogens with two attached hydrogens (primary N) is 1. The minimum Gasteiger partial charge on any atom is -0.480 e. The Morgan fingerprint density at radius 2 is 2.18 bits per heavy atom.